The molecule has 6 heteroatoms. The minimum atomic E-state index is -0.194. The average Bonchev–Trinajstić information content (AvgIpc) is 3.13. The smallest absolute Gasteiger partial charge is 0.176 e. The molecule has 3 heterocycles. The second kappa shape index (κ2) is 6.92. The summed E-state index contributed by atoms with van der Waals surface area (Å²) in [4.78, 5) is 7.16. The van der Waals surface area contributed by atoms with Crippen LogP contribution in [0.15, 0.2) is 30.3 Å². The van der Waals surface area contributed by atoms with Crippen LogP contribution in [-0.2, 0) is 5.41 Å². The normalized spacial score (nSPS) is 15.0. The SMILES string of the molecule is Cc1c(-c2ccccc2)c(N2CCNCC2)n2nc(C(C)(C)C)nc2c1C#N. The Kier molecular flexibility index (Phi) is 4.56. The largest absolute Gasteiger partial charge is 0.353 e. The monoisotopic (exact) mass is 374 g/mol. The number of nitrogens with one attached hydrogen (secondary N) is 1. The summed E-state index contributed by atoms with van der Waals surface area (Å²) in [5.41, 5.74) is 4.18. The van der Waals surface area contributed by atoms with E-state index in [1.807, 2.05) is 29.6 Å². The molecule has 0 spiro atoms. The van der Waals surface area contributed by atoms with E-state index in [2.05, 4.69) is 49.2 Å². The van der Waals surface area contributed by atoms with E-state index in [0.29, 0.717) is 11.2 Å². The van der Waals surface area contributed by atoms with E-state index < -0.39 is 0 Å². The number of benzene rings is 1. The summed E-state index contributed by atoms with van der Waals surface area (Å²) in [7, 11) is 0. The summed E-state index contributed by atoms with van der Waals surface area (Å²) in [5, 5.41) is 18.3. The molecule has 1 aromatic carbocycles. The number of pyridine rings is 1. The average molecular weight is 374 g/mol. The molecule has 3 aromatic rings. The maximum atomic E-state index is 9.95. The molecule has 0 unspecified atom stereocenters. The molecule has 144 valence electrons. The van der Waals surface area contributed by atoms with Gasteiger partial charge in [-0.05, 0) is 18.1 Å². The summed E-state index contributed by atoms with van der Waals surface area (Å²) in [5.74, 6) is 1.78. The van der Waals surface area contributed by atoms with Crippen LogP contribution in [-0.4, -0.2) is 40.8 Å². The number of piperazine rings is 1. The Hall–Kier alpha value is -2.91. The first-order valence-corrected chi connectivity index (χ1v) is 9.77. The molecule has 1 N–H and O–H groups in total. The van der Waals surface area contributed by atoms with Gasteiger partial charge in [0.1, 0.15) is 17.5 Å². The zero-order valence-electron chi connectivity index (χ0n) is 17.0. The van der Waals surface area contributed by atoms with Gasteiger partial charge in [0.05, 0.1) is 0 Å². The van der Waals surface area contributed by atoms with Crippen molar-refractivity contribution in [2.75, 3.05) is 31.1 Å². The molecular weight excluding hydrogens is 348 g/mol. The van der Waals surface area contributed by atoms with Crippen LogP contribution in [0.3, 0.4) is 0 Å². The van der Waals surface area contributed by atoms with Gasteiger partial charge in [0.15, 0.2) is 11.5 Å². The van der Waals surface area contributed by atoms with Gasteiger partial charge >= 0.3 is 0 Å². The lowest BCUT2D eigenvalue weighted by Gasteiger charge is -2.32. The number of anilines is 1. The number of hydrogen-bond acceptors (Lipinski definition) is 5. The predicted molar refractivity (Wildman–Crippen MR) is 112 cm³/mol. The van der Waals surface area contributed by atoms with Crippen LogP contribution in [0.5, 0.6) is 0 Å². The molecule has 28 heavy (non-hydrogen) atoms. The van der Waals surface area contributed by atoms with Crippen molar-refractivity contribution >= 4 is 11.5 Å². The topological polar surface area (TPSA) is 69.2 Å². The first-order valence-electron chi connectivity index (χ1n) is 9.77. The number of rotatable bonds is 2. The number of hydrogen-bond donors (Lipinski definition) is 1. The van der Waals surface area contributed by atoms with E-state index in [-0.39, 0.29) is 5.41 Å². The summed E-state index contributed by atoms with van der Waals surface area (Å²) >= 11 is 0. The first kappa shape index (κ1) is 18.5. The Labute approximate surface area is 165 Å². The molecule has 0 amide bonds. The molecule has 0 atom stereocenters. The van der Waals surface area contributed by atoms with Gasteiger partial charge in [-0.3, -0.25) is 0 Å². The first-order chi connectivity index (χ1) is 13.4. The van der Waals surface area contributed by atoms with Gasteiger partial charge in [-0.2, -0.15) is 9.78 Å². The van der Waals surface area contributed by atoms with Crippen LogP contribution in [0, 0.1) is 18.3 Å². The highest BCUT2D eigenvalue weighted by Crippen LogP contribution is 2.38. The lowest BCUT2D eigenvalue weighted by atomic mass is 9.96. The highest BCUT2D eigenvalue weighted by Gasteiger charge is 2.28. The van der Waals surface area contributed by atoms with E-state index in [0.717, 1.165) is 54.5 Å². The Morgan fingerprint density at radius 3 is 2.39 bits per heavy atom. The van der Waals surface area contributed by atoms with Gasteiger partial charge < -0.3 is 10.2 Å². The van der Waals surface area contributed by atoms with Crippen molar-refractivity contribution in [1.29, 1.82) is 5.26 Å². The lowest BCUT2D eigenvalue weighted by Crippen LogP contribution is -2.44. The van der Waals surface area contributed by atoms with E-state index >= 15 is 0 Å². The van der Waals surface area contributed by atoms with Crippen molar-refractivity contribution in [3.05, 3.63) is 47.3 Å². The minimum Gasteiger partial charge on any atom is -0.353 e. The number of fused-ring (bicyclic) bond motifs is 1. The Balaban J connectivity index is 2.11. The fraction of sp³-hybridized carbons (Fsp3) is 0.409. The van der Waals surface area contributed by atoms with E-state index in [1.54, 1.807) is 0 Å². The summed E-state index contributed by atoms with van der Waals surface area (Å²) in [6.45, 7) is 12.0. The van der Waals surface area contributed by atoms with Crippen LogP contribution in [0.2, 0.25) is 0 Å². The lowest BCUT2D eigenvalue weighted by molar-refractivity contribution is 0.542. The third kappa shape index (κ3) is 3.02. The minimum absolute atomic E-state index is 0.194. The van der Waals surface area contributed by atoms with Crippen LogP contribution < -0.4 is 10.2 Å². The fourth-order valence-electron chi connectivity index (χ4n) is 3.76. The predicted octanol–water partition coefficient (Wildman–Crippen LogP) is 3.28. The van der Waals surface area contributed by atoms with Gasteiger partial charge in [0.25, 0.3) is 0 Å². The standard InChI is InChI=1S/C22H26N6/c1-15-17(14-23)19-25-21(22(2,3)4)26-28(19)20(27-12-10-24-11-13-27)18(15)16-8-6-5-7-9-16/h5-9,24H,10-13H2,1-4H3. The molecule has 0 saturated carbocycles. The quantitative estimate of drug-likeness (QED) is 0.745. The van der Waals surface area contributed by atoms with Crippen molar-refractivity contribution in [3.8, 4) is 17.2 Å². The van der Waals surface area contributed by atoms with Crippen molar-refractivity contribution in [2.24, 2.45) is 0 Å². The van der Waals surface area contributed by atoms with Gasteiger partial charge in [-0.15, -0.1) is 5.10 Å². The molecule has 0 radical (unpaired) electrons. The maximum Gasteiger partial charge on any atom is 0.176 e. The van der Waals surface area contributed by atoms with Crippen molar-refractivity contribution in [3.63, 3.8) is 0 Å². The van der Waals surface area contributed by atoms with Crippen molar-refractivity contribution in [1.82, 2.24) is 19.9 Å². The Morgan fingerprint density at radius 1 is 1.11 bits per heavy atom. The fourth-order valence-corrected chi connectivity index (χ4v) is 3.76. The zero-order valence-corrected chi connectivity index (χ0v) is 17.0. The number of nitriles is 1. The second-order valence-electron chi connectivity index (χ2n) is 8.33. The van der Waals surface area contributed by atoms with E-state index in [9.17, 15) is 5.26 Å². The maximum absolute atomic E-state index is 9.95. The molecule has 1 saturated heterocycles. The molecule has 1 fully saturated rings. The van der Waals surface area contributed by atoms with E-state index in [4.69, 9.17) is 10.1 Å². The molecule has 1 aliphatic rings. The van der Waals surface area contributed by atoms with Gasteiger partial charge in [0, 0.05) is 37.2 Å². The summed E-state index contributed by atoms with van der Waals surface area (Å²) < 4.78 is 1.90. The van der Waals surface area contributed by atoms with Gasteiger partial charge in [-0.25, -0.2) is 4.98 Å². The molecular formula is C22H26N6. The molecule has 0 bridgehead atoms. The number of nitrogens with zero attached hydrogens (tertiary/aromatic N) is 5. The van der Waals surface area contributed by atoms with Crippen LogP contribution in [0.4, 0.5) is 5.82 Å². The van der Waals surface area contributed by atoms with Crippen LogP contribution in [0.25, 0.3) is 16.8 Å². The van der Waals surface area contributed by atoms with Crippen LogP contribution in [0.1, 0.15) is 37.7 Å². The highest BCUT2D eigenvalue weighted by atomic mass is 15.4. The van der Waals surface area contributed by atoms with Crippen LogP contribution >= 0.6 is 0 Å². The van der Waals surface area contributed by atoms with Gasteiger partial charge in [-0.1, -0.05) is 51.1 Å². The van der Waals surface area contributed by atoms with E-state index in [1.165, 1.54) is 0 Å². The second-order valence-corrected chi connectivity index (χ2v) is 8.33. The highest BCUT2D eigenvalue weighted by molar-refractivity contribution is 5.85. The molecule has 1 aliphatic heterocycles. The third-order valence-corrected chi connectivity index (χ3v) is 5.27. The van der Waals surface area contributed by atoms with Gasteiger partial charge in [0.2, 0.25) is 0 Å². The molecule has 6 nitrogen and oxygen atoms in total. The van der Waals surface area contributed by atoms with Crippen molar-refractivity contribution in [2.45, 2.75) is 33.1 Å². The molecule has 2 aromatic heterocycles. The summed E-state index contributed by atoms with van der Waals surface area (Å²) in [6.07, 6.45) is 0. The molecule has 4 rings (SSSR count). The Morgan fingerprint density at radius 2 is 1.79 bits per heavy atom. The zero-order chi connectivity index (χ0) is 19.9. The Bertz CT molecular complexity index is 1050. The summed E-state index contributed by atoms with van der Waals surface area (Å²) in [6, 6.07) is 12.7. The van der Waals surface area contributed by atoms with Crippen molar-refractivity contribution < 1.29 is 0 Å². The number of aromatic nitrogens is 3. The molecule has 0 aliphatic carbocycles. The third-order valence-electron chi connectivity index (χ3n) is 5.27.